The van der Waals surface area contributed by atoms with Gasteiger partial charge in [-0.15, -0.1) is 0 Å². The number of H-pyrrole nitrogens is 1. The first-order valence-electron chi connectivity index (χ1n) is 10.4. The third-order valence-electron chi connectivity index (χ3n) is 5.86. The number of ether oxygens (including phenoxy) is 1. The van der Waals surface area contributed by atoms with E-state index in [0.29, 0.717) is 13.2 Å². The van der Waals surface area contributed by atoms with Crippen LogP contribution < -0.4 is 5.32 Å². The molecule has 2 atom stereocenters. The molecule has 2 heterocycles. The molecule has 3 aromatic carbocycles. The van der Waals surface area contributed by atoms with Crippen LogP contribution in [0.3, 0.4) is 0 Å². The van der Waals surface area contributed by atoms with Crippen LogP contribution in [-0.2, 0) is 9.53 Å². The third kappa shape index (κ3) is 3.51. The molecular weight excluding hydrogens is 372 g/mol. The average molecular weight is 396 g/mol. The first kappa shape index (κ1) is 18.6. The number of esters is 1. The molecule has 1 aromatic heterocycles. The second-order valence-corrected chi connectivity index (χ2v) is 7.71. The lowest BCUT2D eigenvalue weighted by Crippen LogP contribution is -2.36. The molecule has 5 rings (SSSR count). The SMILES string of the molecule is O=C1OCC[C@H]1NC[C@@H](c1ccccc1)c1c(-c2ccccc2)[nH]c2ccccc12. The Kier molecular flexibility index (Phi) is 5.08. The molecule has 150 valence electrons. The number of benzene rings is 3. The summed E-state index contributed by atoms with van der Waals surface area (Å²) < 4.78 is 5.15. The first-order valence-corrected chi connectivity index (χ1v) is 10.4. The normalized spacial score (nSPS) is 17.2. The molecular formula is C26H24N2O2. The lowest BCUT2D eigenvalue weighted by Gasteiger charge is -2.21. The Morgan fingerprint density at radius 1 is 0.933 bits per heavy atom. The van der Waals surface area contributed by atoms with Crippen molar-refractivity contribution >= 4 is 16.9 Å². The lowest BCUT2D eigenvalue weighted by atomic mass is 9.87. The largest absolute Gasteiger partial charge is 0.464 e. The Morgan fingerprint density at radius 2 is 1.63 bits per heavy atom. The van der Waals surface area contributed by atoms with E-state index < -0.39 is 0 Å². The highest BCUT2D eigenvalue weighted by Crippen LogP contribution is 2.38. The van der Waals surface area contributed by atoms with Crippen molar-refractivity contribution in [3.63, 3.8) is 0 Å². The fourth-order valence-electron chi connectivity index (χ4n) is 4.37. The Bertz CT molecular complexity index is 1150. The van der Waals surface area contributed by atoms with E-state index in [1.165, 1.54) is 16.5 Å². The second-order valence-electron chi connectivity index (χ2n) is 7.71. The molecule has 0 bridgehead atoms. The number of aromatic nitrogens is 1. The van der Waals surface area contributed by atoms with E-state index in [9.17, 15) is 4.79 Å². The van der Waals surface area contributed by atoms with Crippen LogP contribution in [0.15, 0.2) is 84.9 Å². The maximum atomic E-state index is 12.0. The summed E-state index contributed by atoms with van der Waals surface area (Å²) in [6, 6.07) is 29.1. The number of nitrogens with one attached hydrogen (secondary N) is 2. The van der Waals surface area contributed by atoms with Gasteiger partial charge in [-0.3, -0.25) is 4.79 Å². The Hall–Kier alpha value is -3.37. The molecule has 1 aliphatic rings. The fourth-order valence-corrected chi connectivity index (χ4v) is 4.37. The van der Waals surface area contributed by atoms with Crippen LogP contribution in [0.4, 0.5) is 0 Å². The van der Waals surface area contributed by atoms with Crippen LogP contribution in [0.1, 0.15) is 23.5 Å². The number of aromatic amines is 1. The van der Waals surface area contributed by atoms with Gasteiger partial charge < -0.3 is 15.0 Å². The van der Waals surface area contributed by atoms with Gasteiger partial charge in [0.25, 0.3) is 0 Å². The molecule has 4 aromatic rings. The minimum absolute atomic E-state index is 0.0888. The molecule has 0 aliphatic carbocycles. The number of para-hydroxylation sites is 1. The van der Waals surface area contributed by atoms with E-state index in [1.54, 1.807) is 0 Å². The fraction of sp³-hybridized carbons (Fsp3) is 0.192. The van der Waals surface area contributed by atoms with E-state index in [2.05, 4.69) is 83.1 Å². The quantitative estimate of drug-likeness (QED) is 0.457. The molecule has 0 saturated carbocycles. The van der Waals surface area contributed by atoms with E-state index in [0.717, 1.165) is 23.2 Å². The highest BCUT2D eigenvalue weighted by atomic mass is 16.5. The molecule has 0 amide bonds. The highest BCUT2D eigenvalue weighted by Gasteiger charge is 2.29. The monoisotopic (exact) mass is 396 g/mol. The zero-order valence-corrected chi connectivity index (χ0v) is 16.7. The van der Waals surface area contributed by atoms with Crippen LogP contribution in [0.5, 0.6) is 0 Å². The standard InChI is InChI=1S/C26H24N2O2/c29-26-23(15-16-30-26)27-17-21(18-9-3-1-4-10-18)24-20-13-7-8-14-22(20)28-25(24)19-11-5-2-6-12-19/h1-14,21,23,27-28H,15-17H2/t21-,23+/m0/s1. The summed E-state index contributed by atoms with van der Waals surface area (Å²) in [5.41, 5.74) is 5.87. The second kappa shape index (κ2) is 8.17. The Balaban J connectivity index is 1.64. The summed E-state index contributed by atoms with van der Waals surface area (Å²) >= 11 is 0. The molecule has 1 fully saturated rings. The highest BCUT2D eigenvalue weighted by molar-refractivity contribution is 5.92. The average Bonchev–Trinajstić information content (AvgIpc) is 3.39. The molecule has 4 heteroatoms. The number of hydrogen-bond acceptors (Lipinski definition) is 3. The van der Waals surface area contributed by atoms with Crippen molar-refractivity contribution in [3.8, 4) is 11.3 Å². The van der Waals surface area contributed by atoms with Crippen molar-refractivity contribution in [1.82, 2.24) is 10.3 Å². The van der Waals surface area contributed by atoms with Crippen molar-refractivity contribution in [3.05, 3.63) is 96.1 Å². The summed E-state index contributed by atoms with van der Waals surface area (Å²) in [7, 11) is 0. The maximum Gasteiger partial charge on any atom is 0.323 e. The van der Waals surface area contributed by atoms with Crippen molar-refractivity contribution < 1.29 is 9.53 Å². The van der Waals surface area contributed by atoms with Gasteiger partial charge in [-0.2, -0.15) is 0 Å². The third-order valence-corrected chi connectivity index (χ3v) is 5.86. The number of hydrogen-bond donors (Lipinski definition) is 2. The summed E-state index contributed by atoms with van der Waals surface area (Å²) in [6.45, 7) is 1.15. The molecule has 0 spiro atoms. The molecule has 0 radical (unpaired) electrons. The van der Waals surface area contributed by atoms with Crippen molar-refractivity contribution in [2.75, 3.05) is 13.2 Å². The van der Waals surface area contributed by atoms with E-state index in [4.69, 9.17) is 4.74 Å². The number of cyclic esters (lactones) is 1. The van der Waals surface area contributed by atoms with Crippen molar-refractivity contribution in [2.45, 2.75) is 18.4 Å². The molecule has 2 N–H and O–H groups in total. The Labute approximate surface area is 175 Å². The molecule has 1 aliphatic heterocycles. The molecule has 0 unspecified atom stereocenters. The molecule has 1 saturated heterocycles. The van der Waals surface area contributed by atoms with Crippen LogP contribution in [0.2, 0.25) is 0 Å². The van der Waals surface area contributed by atoms with Crippen molar-refractivity contribution in [2.24, 2.45) is 0 Å². The number of carbonyl (C=O) groups is 1. The predicted octanol–water partition coefficient (Wildman–Crippen LogP) is 4.87. The topological polar surface area (TPSA) is 54.1 Å². The van der Waals surface area contributed by atoms with Crippen LogP contribution >= 0.6 is 0 Å². The van der Waals surface area contributed by atoms with Crippen LogP contribution in [-0.4, -0.2) is 30.1 Å². The van der Waals surface area contributed by atoms with Crippen molar-refractivity contribution in [1.29, 1.82) is 0 Å². The maximum absolute atomic E-state index is 12.0. The van der Waals surface area contributed by atoms with Gasteiger partial charge in [0.15, 0.2) is 0 Å². The van der Waals surface area contributed by atoms with Gasteiger partial charge >= 0.3 is 5.97 Å². The van der Waals surface area contributed by atoms with Crippen LogP contribution in [0.25, 0.3) is 22.2 Å². The van der Waals surface area contributed by atoms with Gasteiger partial charge in [0, 0.05) is 29.8 Å². The van der Waals surface area contributed by atoms with E-state index >= 15 is 0 Å². The number of rotatable bonds is 6. The summed E-state index contributed by atoms with van der Waals surface area (Å²) in [4.78, 5) is 15.7. The zero-order chi connectivity index (χ0) is 20.3. The lowest BCUT2D eigenvalue weighted by molar-refractivity contribution is -0.139. The van der Waals surface area contributed by atoms with E-state index in [-0.39, 0.29) is 17.9 Å². The minimum Gasteiger partial charge on any atom is -0.464 e. The summed E-state index contributed by atoms with van der Waals surface area (Å²) in [6.07, 6.45) is 0.722. The first-order chi connectivity index (χ1) is 14.8. The van der Waals surface area contributed by atoms with Gasteiger partial charge in [-0.05, 0) is 22.8 Å². The number of fused-ring (bicyclic) bond motifs is 1. The molecule has 30 heavy (non-hydrogen) atoms. The summed E-state index contributed by atoms with van der Waals surface area (Å²) in [5, 5.41) is 4.68. The number of carbonyl (C=O) groups excluding carboxylic acids is 1. The van der Waals surface area contributed by atoms with Gasteiger partial charge in [0.2, 0.25) is 0 Å². The van der Waals surface area contributed by atoms with Gasteiger partial charge in [0.05, 0.1) is 12.3 Å². The van der Waals surface area contributed by atoms with Gasteiger partial charge in [0.1, 0.15) is 6.04 Å². The van der Waals surface area contributed by atoms with E-state index in [1.807, 2.05) is 12.1 Å². The van der Waals surface area contributed by atoms with Crippen LogP contribution in [0, 0.1) is 0 Å². The smallest absolute Gasteiger partial charge is 0.323 e. The predicted molar refractivity (Wildman–Crippen MR) is 119 cm³/mol. The van der Waals surface area contributed by atoms with Gasteiger partial charge in [-0.25, -0.2) is 0 Å². The minimum atomic E-state index is -0.235. The molecule has 4 nitrogen and oxygen atoms in total. The Morgan fingerprint density at radius 3 is 2.37 bits per heavy atom. The van der Waals surface area contributed by atoms with Gasteiger partial charge in [-0.1, -0.05) is 78.9 Å². The zero-order valence-electron chi connectivity index (χ0n) is 16.7. The summed E-state index contributed by atoms with van der Waals surface area (Å²) in [5.74, 6) is -0.0602.